The van der Waals surface area contributed by atoms with Crippen LogP contribution in [0.3, 0.4) is 0 Å². The SMILES string of the molecule is Cc1cc2c(cc1O)oc1c3ccccc3oc(=O)c21. The number of phenols is 1. The molecule has 0 saturated carbocycles. The number of phenolic OH excluding ortho intramolecular Hbond substituents is 1. The third-order valence-corrected chi connectivity index (χ3v) is 3.55. The number of hydrogen-bond donors (Lipinski definition) is 1. The molecule has 0 spiro atoms. The van der Waals surface area contributed by atoms with Crippen LogP contribution in [0.2, 0.25) is 0 Å². The zero-order chi connectivity index (χ0) is 13.9. The third kappa shape index (κ3) is 1.33. The highest BCUT2D eigenvalue weighted by molar-refractivity contribution is 6.13. The van der Waals surface area contributed by atoms with Gasteiger partial charge in [-0.15, -0.1) is 0 Å². The Hall–Kier alpha value is -2.75. The fourth-order valence-electron chi connectivity index (χ4n) is 2.53. The highest BCUT2D eigenvalue weighted by Crippen LogP contribution is 2.34. The van der Waals surface area contributed by atoms with Crippen LogP contribution >= 0.6 is 0 Å². The zero-order valence-corrected chi connectivity index (χ0v) is 10.6. The van der Waals surface area contributed by atoms with E-state index in [9.17, 15) is 9.90 Å². The Morgan fingerprint density at radius 1 is 1.00 bits per heavy atom. The molecule has 0 aliphatic rings. The molecule has 0 saturated heterocycles. The molecule has 4 nitrogen and oxygen atoms in total. The van der Waals surface area contributed by atoms with Crippen molar-refractivity contribution in [2.75, 3.05) is 0 Å². The molecule has 0 amide bonds. The first kappa shape index (κ1) is 11.1. The highest BCUT2D eigenvalue weighted by Gasteiger charge is 2.16. The summed E-state index contributed by atoms with van der Waals surface area (Å²) in [5.74, 6) is 0.144. The molecule has 4 aromatic rings. The summed E-state index contributed by atoms with van der Waals surface area (Å²) in [6.45, 7) is 1.77. The van der Waals surface area contributed by atoms with Gasteiger partial charge >= 0.3 is 5.63 Å². The molecule has 0 atom stereocenters. The number of aryl methyl sites for hydroxylation is 1. The van der Waals surface area contributed by atoms with E-state index in [0.717, 1.165) is 5.39 Å². The zero-order valence-electron chi connectivity index (χ0n) is 10.6. The first-order chi connectivity index (χ1) is 9.65. The summed E-state index contributed by atoms with van der Waals surface area (Å²) in [4.78, 5) is 12.2. The van der Waals surface area contributed by atoms with Gasteiger partial charge in [0, 0.05) is 11.5 Å². The van der Waals surface area contributed by atoms with Crippen LogP contribution in [-0.2, 0) is 0 Å². The lowest BCUT2D eigenvalue weighted by molar-refractivity contribution is 0.471. The minimum Gasteiger partial charge on any atom is -0.508 e. The number of benzene rings is 2. The molecule has 2 aromatic heterocycles. The molecule has 4 rings (SSSR count). The number of furan rings is 1. The lowest BCUT2D eigenvalue weighted by Gasteiger charge is -1.97. The molecule has 0 aliphatic heterocycles. The summed E-state index contributed by atoms with van der Waals surface area (Å²) in [6, 6.07) is 10.5. The maximum absolute atomic E-state index is 12.2. The predicted molar refractivity (Wildman–Crippen MR) is 76.2 cm³/mol. The number of rotatable bonds is 0. The molecular weight excluding hydrogens is 256 g/mol. The van der Waals surface area contributed by atoms with Gasteiger partial charge in [-0.1, -0.05) is 12.1 Å². The Labute approximate surface area is 112 Å². The first-order valence-electron chi connectivity index (χ1n) is 6.23. The summed E-state index contributed by atoms with van der Waals surface area (Å²) in [5, 5.41) is 11.6. The van der Waals surface area contributed by atoms with Gasteiger partial charge in [-0.2, -0.15) is 0 Å². The lowest BCUT2D eigenvalue weighted by atomic mass is 10.1. The van der Waals surface area contributed by atoms with Crippen molar-refractivity contribution >= 4 is 32.9 Å². The summed E-state index contributed by atoms with van der Waals surface area (Å²) in [5.41, 5.74) is 1.73. The molecule has 2 aromatic carbocycles. The standard InChI is InChI=1S/C16H10O4/c1-8-6-10-13(7-11(8)17)19-15-9-4-2-3-5-12(9)20-16(18)14(10)15/h2-7,17H,1H3. The Kier molecular flexibility index (Phi) is 2.02. The average Bonchev–Trinajstić information content (AvgIpc) is 2.79. The van der Waals surface area contributed by atoms with Gasteiger partial charge in [0.25, 0.3) is 0 Å². The minimum atomic E-state index is -0.428. The second-order valence-electron chi connectivity index (χ2n) is 4.83. The van der Waals surface area contributed by atoms with Crippen LogP contribution in [-0.4, -0.2) is 5.11 Å². The summed E-state index contributed by atoms with van der Waals surface area (Å²) in [6.07, 6.45) is 0. The number of fused-ring (bicyclic) bond motifs is 5. The largest absolute Gasteiger partial charge is 0.508 e. The molecule has 0 unspecified atom stereocenters. The van der Waals surface area contributed by atoms with E-state index in [1.165, 1.54) is 6.07 Å². The van der Waals surface area contributed by atoms with E-state index in [2.05, 4.69) is 0 Å². The van der Waals surface area contributed by atoms with Crippen LogP contribution in [0.25, 0.3) is 32.9 Å². The number of para-hydroxylation sites is 1. The Bertz CT molecular complexity index is 1040. The van der Waals surface area contributed by atoms with Crippen LogP contribution in [0.1, 0.15) is 5.56 Å². The molecule has 0 fully saturated rings. The van der Waals surface area contributed by atoms with E-state index in [0.29, 0.717) is 33.1 Å². The Morgan fingerprint density at radius 3 is 2.65 bits per heavy atom. The van der Waals surface area contributed by atoms with Gasteiger partial charge in [-0.05, 0) is 30.7 Å². The van der Waals surface area contributed by atoms with Crippen LogP contribution < -0.4 is 5.63 Å². The van der Waals surface area contributed by atoms with Crippen molar-refractivity contribution in [3.8, 4) is 5.75 Å². The van der Waals surface area contributed by atoms with Crippen molar-refractivity contribution in [3.05, 3.63) is 52.4 Å². The van der Waals surface area contributed by atoms with Crippen molar-refractivity contribution in [3.63, 3.8) is 0 Å². The first-order valence-corrected chi connectivity index (χ1v) is 6.23. The second-order valence-corrected chi connectivity index (χ2v) is 4.83. The highest BCUT2D eigenvalue weighted by atomic mass is 16.4. The normalized spacial score (nSPS) is 11.7. The number of hydrogen-bond acceptors (Lipinski definition) is 4. The molecule has 4 heteroatoms. The third-order valence-electron chi connectivity index (χ3n) is 3.55. The molecule has 98 valence electrons. The fraction of sp³-hybridized carbons (Fsp3) is 0.0625. The Balaban J connectivity index is 2.35. The van der Waals surface area contributed by atoms with Crippen LogP contribution in [0, 0.1) is 6.92 Å². The summed E-state index contributed by atoms with van der Waals surface area (Å²) >= 11 is 0. The van der Waals surface area contributed by atoms with E-state index < -0.39 is 5.63 Å². The molecule has 2 heterocycles. The van der Waals surface area contributed by atoms with E-state index in [1.807, 2.05) is 12.1 Å². The van der Waals surface area contributed by atoms with Crippen molar-refractivity contribution < 1.29 is 13.9 Å². The van der Waals surface area contributed by atoms with E-state index in [4.69, 9.17) is 8.83 Å². The maximum atomic E-state index is 12.2. The molecule has 0 aliphatic carbocycles. The van der Waals surface area contributed by atoms with Gasteiger partial charge < -0.3 is 13.9 Å². The van der Waals surface area contributed by atoms with Gasteiger partial charge in [0.15, 0.2) is 5.58 Å². The average molecular weight is 266 g/mol. The molecule has 20 heavy (non-hydrogen) atoms. The van der Waals surface area contributed by atoms with E-state index in [1.54, 1.807) is 25.1 Å². The fourth-order valence-corrected chi connectivity index (χ4v) is 2.53. The molecule has 1 N–H and O–H groups in total. The smallest absolute Gasteiger partial charge is 0.348 e. The van der Waals surface area contributed by atoms with Gasteiger partial charge in [0.1, 0.15) is 22.3 Å². The minimum absolute atomic E-state index is 0.144. The second kappa shape index (κ2) is 3.63. The monoisotopic (exact) mass is 266 g/mol. The van der Waals surface area contributed by atoms with Crippen LogP contribution in [0.4, 0.5) is 0 Å². The van der Waals surface area contributed by atoms with Gasteiger partial charge in [0.05, 0.1) is 5.39 Å². The summed E-state index contributed by atoms with van der Waals surface area (Å²) < 4.78 is 11.1. The molecule has 0 bridgehead atoms. The van der Waals surface area contributed by atoms with Gasteiger partial charge in [-0.25, -0.2) is 4.79 Å². The van der Waals surface area contributed by atoms with Crippen LogP contribution in [0.15, 0.2) is 50.0 Å². The Morgan fingerprint density at radius 2 is 1.80 bits per heavy atom. The van der Waals surface area contributed by atoms with Crippen molar-refractivity contribution in [2.45, 2.75) is 6.92 Å². The summed E-state index contributed by atoms with van der Waals surface area (Å²) in [7, 11) is 0. The van der Waals surface area contributed by atoms with E-state index in [-0.39, 0.29) is 5.75 Å². The molecular formula is C16H10O4. The lowest BCUT2D eigenvalue weighted by Crippen LogP contribution is -1.98. The number of aromatic hydroxyl groups is 1. The van der Waals surface area contributed by atoms with Crippen molar-refractivity contribution in [2.24, 2.45) is 0 Å². The quantitative estimate of drug-likeness (QED) is 0.493. The molecule has 0 radical (unpaired) electrons. The predicted octanol–water partition coefficient (Wildman–Crippen LogP) is 3.71. The van der Waals surface area contributed by atoms with Crippen molar-refractivity contribution in [1.82, 2.24) is 0 Å². The topological polar surface area (TPSA) is 63.6 Å². The van der Waals surface area contributed by atoms with Gasteiger partial charge in [0.2, 0.25) is 0 Å². The van der Waals surface area contributed by atoms with Crippen molar-refractivity contribution in [1.29, 1.82) is 0 Å². The van der Waals surface area contributed by atoms with Crippen LogP contribution in [0.5, 0.6) is 5.75 Å². The van der Waals surface area contributed by atoms with Gasteiger partial charge in [-0.3, -0.25) is 0 Å². The van der Waals surface area contributed by atoms with E-state index >= 15 is 0 Å². The maximum Gasteiger partial charge on any atom is 0.348 e.